The highest BCUT2D eigenvalue weighted by Gasteiger charge is 2.19. The minimum absolute atomic E-state index is 0.134. The van der Waals surface area contributed by atoms with Crippen molar-refractivity contribution in [2.24, 2.45) is 0 Å². The molecule has 0 heterocycles. The summed E-state index contributed by atoms with van der Waals surface area (Å²) in [4.78, 5) is 0.134. The smallest absolute Gasteiger partial charge is 0.240 e. The molecule has 0 spiro atoms. The highest BCUT2D eigenvalue weighted by Crippen LogP contribution is 2.21. The normalized spacial score (nSPS) is 13.6. The van der Waals surface area contributed by atoms with E-state index in [4.69, 9.17) is 10.8 Å². The minimum Gasteiger partial charge on any atom is -0.398 e. The molecule has 1 atom stereocenters. The Morgan fingerprint density at radius 2 is 2.00 bits per heavy atom. The van der Waals surface area contributed by atoms with Crippen molar-refractivity contribution in [2.75, 3.05) is 12.3 Å². The van der Waals surface area contributed by atoms with Crippen molar-refractivity contribution in [2.45, 2.75) is 38.1 Å². The van der Waals surface area contributed by atoms with Crippen molar-refractivity contribution in [3.63, 3.8) is 0 Å². The maximum absolute atomic E-state index is 12.1. The predicted octanol–water partition coefficient (Wildman–Crippen LogP) is 0.935. The average molecular weight is 272 g/mol. The van der Waals surface area contributed by atoms with Crippen LogP contribution in [0.3, 0.4) is 0 Å². The van der Waals surface area contributed by atoms with Gasteiger partial charge in [-0.2, -0.15) is 0 Å². The second kappa shape index (κ2) is 5.69. The molecule has 0 saturated carbocycles. The number of nitrogens with one attached hydrogen (secondary N) is 1. The fraction of sp³-hybridized carbons (Fsp3) is 0.500. The third-order valence-electron chi connectivity index (χ3n) is 3.03. The van der Waals surface area contributed by atoms with E-state index >= 15 is 0 Å². The van der Waals surface area contributed by atoms with E-state index in [2.05, 4.69) is 4.72 Å². The van der Waals surface area contributed by atoms with Crippen molar-refractivity contribution in [1.29, 1.82) is 0 Å². The van der Waals surface area contributed by atoms with Crippen LogP contribution in [-0.2, 0) is 10.0 Å². The number of benzene rings is 1. The number of hydrogen-bond donors (Lipinski definition) is 3. The van der Waals surface area contributed by atoms with Gasteiger partial charge in [0.25, 0.3) is 0 Å². The Labute approximate surface area is 108 Å². The molecule has 0 fully saturated rings. The predicted molar refractivity (Wildman–Crippen MR) is 71.8 cm³/mol. The van der Waals surface area contributed by atoms with Crippen LogP contribution in [0.1, 0.15) is 24.5 Å². The molecule has 0 aromatic heterocycles. The molecular formula is C12H20N2O3S. The number of rotatable bonds is 5. The Balaban J connectivity index is 3.13. The first-order valence-electron chi connectivity index (χ1n) is 5.81. The standard InChI is InChI=1S/C12H20N2O3S/c1-4-10(7-15)14-18(16,17)11-5-8(2)9(3)12(13)6-11/h5-6,10,14-15H,4,7,13H2,1-3H3/t10-/m1/s1. The zero-order chi connectivity index (χ0) is 13.9. The summed E-state index contributed by atoms with van der Waals surface area (Å²) in [5.41, 5.74) is 7.93. The first-order valence-corrected chi connectivity index (χ1v) is 7.30. The molecule has 0 aliphatic carbocycles. The van der Waals surface area contributed by atoms with Crippen LogP contribution in [0.5, 0.6) is 0 Å². The maximum Gasteiger partial charge on any atom is 0.240 e. The Morgan fingerprint density at radius 1 is 1.39 bits per heavy atom. The summed E-state index contributed by atoms with van der Waals surface area (Å²) in [5.74, 6) is 0. The number of nitrogen functional groups attached to an aromatic ring is 1. The van der Waals surface area contributed by atoms with Crippen molar-refractivity contribution in [1.82, 2.24) is 4.72 Å². The van der Waals surface area contributed by atoms with Crippen LogP contribution in [0, 0.1) is 13.8 Å². The van der Waals surface area contributed by atoms with Gasteiger partial charge in [-0.15, -0.1) is 0 Å². The van der Waals surface area contributed by atoms with Gasteiger partial charge in [0.1, 0.15) is 0 Å². The van der Waals surface area contributed by atoms with Crippen LogP contribution in [-0.4, -0.2) is 26.2 Å². The van der Waals surface area contributed by atoms with E-state index in [1.165, 1.54) is 6.07 Å². The molecule has 102 valence electrons. The lowest BCUT2D eigenvalue weighted by Crippen LogP contribution is -2.37. The quantitative estimate of drug-likeness (QED) is 0.695. The van der Waals surface area contributed by atoms with Crippen LogP contribution < -0.4 is 10.5 Å². The van der Waals surface area contributed by atoms with Gasteiger partial charge in [0.15, 0.2) is 0 Å². The van der Waals surface area contributed by atoms with E-state index in [9.17, 15) is 8.42 Å². The summed E-state index contributed by atoms with van der Waals surface area (Å²) in [6, 6.07) is 2.55. The van der Waals surface area contributed by atoms with Crippen molar-refractivity contribution in [3.8, 4) is 0 Å². The molecule has 1 aromatic rings. The van der Waals surface area contributed by atoms with Gasteiger partial charge in [0.05, 0.1) is 11.5 Å². The van der Waals surface area contributed by atoms with Crippen LogP contribution in [0.25, 0.3) is 0 Å². The van der Waals surface area contributed by atoms with Gasteiger partial charge in [-0.3, -0.25) is 0 Å². The molecule has 0 amide bonds. The molecule has 0 bridgehead atoms. The van der Waals surface area contributed by atoms with Gasteiger partial charge in [-0.1, -0.05) is 6.92 Å². The monoisotopic (exact) mass is 272 g/mol. The topological polar surface area (TPSA) is 92.4 Å². The first-order chi connectivity index (χ1) is 8.31. The number of aliphatic hydroxyl groups excluding tert-OH is 1. The van der Waals surface area contributed by atoms with Gasteiger partial charge in [0.2, 0.25) is 10.0 Å². The van der Waals surface area contributed by atoms with E-state index in [1.54, 1.807) is 13.0 Å². The lowest BCUT2D eigenvalue weighted by Gasteiger charge is -2.15. The van der Waals surface area contributed by atoms with E-state index in [0.29, 0.717) is 12.1 Å². The molecule has 6 heteroatoms. The number of anilines is 1. The SMILES string of the molecule is CC[C@H](CO)NS(=O)(=O)c1cc(C)c(C)c(N)c1. The van der Waals surface area contributed by atoms with Gasteiger partial charge < -0.3 is 10.8 Å². The number of aryl methyl sites for hydroxylation is 1. The minimum atomic E-state index is -3.64. The van der Waals surface area contributed by atoms with Crippen LogP contribution in [0.2, 0.25) is 0 Å². The summed E-state index contributed by atoms with van der Waals surface area (Å²) < 4.78 is 26.6. The number of aliphatic hydroxyl groups is 1. The molecule has 0 saturated heterocycles. The van der Waals surface area contributed by atoms with Gasteiger partial charge in [-0.05, 0) is 43.5 Å². The second-order valence-corrected chi connectivity index (χ2v) is 6.08. The molecule has 0 aliphatic rings. The Morgan fingerprint density at radius 3 is 2.44 bits per heavy atom. The van der Waals surface area contributed by atoms with Gasteiger partial charge in [-0.25, -0.2) is 13.1 Å². The first kappa shape index (κ1) is 14.9. The van der Waals surface area contributed by atoms with E-state index in [-0.39, 0.29) is 11.5 Å². The summed E-state index contributed by atoms with van der Waals surface area (Å²) in [7, 11) is -3.64. The summed E-state index contributed by atoms with van der Waals surface area (Å²) in [6.45, 7) is 5.24. The van der Waals surface area contributed by atoms with E-state index < -0.39 is 16.1 Å². The molecular weight excluding hydrogens is 252 g/mol. The average Bonchev–Trinajstić information content (AvgIpc) is 2.32. The van der Waals surface area contributed by atoms with Crippen molar-refractivity contribution in [3.05, 3.63) is 23.3 Å². The maximum atomic E-state index is 12.1. The number of sulfonamides is 1. The largest absolute Gasteiger partial charge is 0.398 e. The highest BCUT2D eigenvalue weighted by atomic mass is 32.2. The highest BCUT2D eigenvalue weighted by molar-refractivity contribution is 7.89. The fourth-order valence-corrected chi connectivity index (χ4v) is 2.97. The summed E-state index contributed by atoms with van der Waals surface area (Å²) in [6.07, 6.45) is 0.524. The van der Waals surface area contributed by atoms with Crippen molar-refractivity contribution < 1.29 is 13.5 Å². The molecule has 5 nitrogen and oxygen atoms in total. The Kier molecular flexibility index (Phi) is 4.72. The zero-order valence-corrected chi connectivity index (χ0v) is 11.7. The van der Waals surface area contributed by atoms with E-state index in [1.807, 2.05) is 13.8 Å². The van der Waals surface area contributed by atoms with Crippen LogP contribution >= 0.6 is 0 Å². The molecule has 0 radical (unpaired) electrons. The second-order valence-electron chi connectivity index (χ2n) is 4.36. The molecule has 0 aliphatic heterocycles. The van der Waals surface area contributed by atoms with Gasteiger partial charge in [0, 0.05) is 11.7 Å². The lowest BCUT2D eigenvalue weighted by atomic mass is 10.1. The fourth-order valence-electron chi connectivity index (χ4n) is 1.54. The van der Waals surface area contributed by atoms with E-state index in [0.717, 1.165) is 11.1 Å². The number of hydrogen-bond acceptors (Lipinski definition) is 4. The summed E-state index contributed by atoms with van der Waals surface area (Å²) >= 11 is 0. The Bertz CT molecular complexity index is 499. The molecule has 0 unspecified atom stereocenters. The number of nitrogens with two attached hydrogens (primary N) is 1. The molecule has 4 N–H and O–H groups in total. The van der Waals surface area contributed by atoms with Crippen LogP contribution in [0.4, 0.5) is 5.69 Å². The van der Waals surface area contributed by atoms with Gasteiger partial charge >= 0.3 is 0 Å². The molecule has 18 heavy (non-hydrogen) atoms. The van der Waals surface area contributed by atoms with Crippen LogP contribution in [0.15, 0.2) is 17.0 Å². The third kappa shape index (κ3) is 3.22. The van der Waals surface area contributed by atoms with Crippen molar-refractivity contribution >= 4 is 15.7 Å². The third-order valence-corrected chi connectivity index (χ3v) is 4.53. The molecule has 1 aromatic carbocycles. The summed E-state index contributed by atoms with van der Waals surface area (Å²) in [5, 5.41) is 9.04. The Hall–Kier alpha value is -1.11. The lowest BCUT2D eigenvalue weighted by molar-refractivity contribution is 0.254. The molecule has 1 rings (SSSR count). The zero-order valence-electron chi connectivity index (χ0n) is 10.9.